The predicted octanol–water partition coefficient (Wildman–Crippen LogP) is 2.15. The first-order valence-electron chi connectivity index (χ1n) is 5.97. The van der Waals surface area contributed by atoms with Gasteiger partial charge in [0, 0.05) is 7.11 Å². The largest absolute Gasteiger partial charge is 0.481 e. The average molecular weight is 246 g/mol. The van der Waals surface area contributed by atoms with E-state index in [2.05, 4.69) is 0 Å². The van der Waals surface area contributed by atoms with Crippen LogP contribution in [0.5, 0.6) is 0 Å². The lowest BCUT2D eigenvalue weighted by Gasteiger charge is -2.33. The summed E-state index contributed by atoms with van der Waals surface area (Å²) in [6.45, 7) is 3.75. The van der Waals surface area contributed by atoms with Gasteiger partial charge in [0.25, 0.3) is 0 Å². The van der Waals surface area contributed by atoms with Crippen molar-refractivity contribution in [1.82, 2.24) is 0 Å². The van der Waals surface area contributed by atoms with Crippen molar-refractivity contribution in [3.63, 3.8) is 0 Å². The first kappa shape index (κ1) is 15.9. The van der Waals surface area contributed by atoms with Gasteiger partial charge in [0.2, 0.25) is 0 Å². The zero-order valence-corrected chi connectivity index (χ0v) is 10.7. The van der Waals surface area contributed by atoms with Gasteiger partial charge >= 0.3 is 11.9 Å². The van der Waals surface area contributed by atoms with Gasteiger partial charge in [-0.25, -0.2) is 4.79 Å². The van der Waals surface area contributed by atoms with E-state index in [1.54, 1.807) is 0 Å². The summed E-state index contributed by atoms with van der Waals surface area (Å²) in [6.07, 6.45) is 2.61. The average Bonchev–Trinajstić information content (AvgIpc) is 2.27. The van der Waals surface area contributed by atoms with E-state index < -0.39 is 23.5 Å². The van der Waals surface area contributed by atoms with Crippen molar-refractivity contribution in [2.75, 3.05) is 7.11 Å². The molecule has 0 aromatic rings. The van der Waals surface area contributed by atoms with Gasteiger partial charge in [-0.15, -0.1) is 0 Å². The Morgan fingerprint density at radius 1 is 1.24 bits per heavy atom. The van der Waals surface area contributed by atoms with Gasteiger partial charge in [0.05, 0.1) is 5.92 Å². The Morgan fingerprint density at radius 3 is 2.12 bits per heavy atom. The van der Waals surface area contributed by atoms with Crippen molar-refractivity contribution in [3.05, 3.63) is 0 Å². The van der Waals surface area contributed by atoms with E-state index in [1.807, 2.05) is 13.8 Å². The zero-order chi connectivity index (χ0) is 13.5. The summed E-state index contributed by atoms with van der Waals surface area (Å²) >= 11 is 0. The van der Waals surface area contributed by atoms with E-state index >= 15 is 0 Å². The molecule has 0 aromatic heterocycles. The fourth-order valence-electron chi connectivity index (χ4n) is 2.10. The van der Waals surface area contributed by atoms with E-state index in [4.69, 9.17) is 4.74 Å². The van der Waals surface area contributed by atoms with Crippen molar-refractivity contribution in [2.24, 2.45) is 5.92 Å². The summed E-state index contributed by atoms with van der Waals surface area (Å²) in [4.78, 5) is 22.6. The number of hydrogen-bond acceptors (Lipinski definition) is 3. The lowest BCUT2D eigenvalue weighted by atomic mass is 9.80. The number of ether oxygens (including phenoxy) is 1. The van der Waals surface area contributed by atoms with Crippen LogP contribution in [0.2, 0.25) is 0 Å². The van der Waals surface area contributed by atoms with Gasteiger partial charge in [-0.1, -0.05) is 33.1 Å². The Kier molecular flexibility index (Phi) is 6.80. The predicted molar refractivity (Wildman–Crippen MR) is 62.9 cm³/mol. The molecule has 2 N–H and O–H groups in total. The molecule has 0 heterocycles. The van der Waals surface area contributed by atoms with Crippen LogP contribution in [0, 0.1) is 5.92 Å². The molecule has 0 aliphatic heterocycles. The topological polar surface area (TPSA) is 83.8 Å². The Morgan fingerprint density at radius 2 is 1.82 bits per heavy atom. The minimum absolute atomic E-state index is 0.208. The van der Waals surface area contributed by atoms with E-state index in [9.17, 15) is 19.8 Å². The van der Waals surface area contributed by atoms with Crippen molar-refractivity contribution >= 4 is 11.9 Å². The standard InChI is InChI=1S/C12H22O5/c1-4-6-7-9(10(13)14)12(17-3,8-5-2)11(15)16/h9H,4-8H2,1-3H3,(H,13,14)(H,15,16). The second-order valence-electron chi connectivity index (χ2n) is 4.18. The molecule has 17 heavy (non-hydrogen) atoms. The normalized spacial score (nSPS) is 16.2. The van der Waals surface area contributed by atoms with Gasteiger partial charge in [-0.05, 0) is 12.8 Å². The molecule has 0 amide bonds. The number of unbranched alkanes of at least 4 members (excludes halogenated alkanes) is 1. The first-order valence-corrected chi connectivity index (χ1v) is 5.97. The van der Waals surface area contributed by atoms with E-state index in [0.29, 0.717) is 19.3 Å². The summed E-state index contributed by atoms with van der Waals surface area (Å²) in [5, 5.41) is 18.5. The fourth-order valence-corrected chi connectivity index (χ4v) is 2.10. The summed E-state index contributed by atoms with van der Waals surface area (Å²) in [5.41, 5.74) is -1.60. The number of rotatable bonds is 9. The summed E-state index contributed by atoms with van der Waals surface area (Å²) < 4.78 is 5.08. The van der Waals surface area contributed by atoms with Crippen LogP contribution < -0.4 is 0 Å². The molecule has 0 spiro atoms. The molecular formula is C12H22O5. The number of carboxylic acids is 2. The van der Waals surface area contributed by atoms with Gasteiger partial charge in [-0.2, -0.15) is 0 Å². The lowest BCUT2D eigenvalue weighted by molar-refractivity contribution is -0.181. The first-order chi connectivity index (χ1) is 7.96. The van der Waals surface area contributed by atoms with Crippen LogP contribution >= 0.6 is 0 Å². The smallest absolute Gasteiger partial charge is 0.336 e. The third kappa shape index (κ3) is 3.70. The van der Waals surface area contributed by atoms with Gasteiger partial charge in [-0.3, -0.25) is 4.79 Å². The van der Waals surface area contributed by atoms with Crippen LogP contribution in [-0.2, 0) is 14.3 Å². The van der Waals surface area contributed by atoms with Crippen molar-refractivity contribution in [2.45, 2.75) is 51.6 Å². The Bertz CT molecular complexity index is 264. The van der Waals surface area contributed by atoms with Gasteiger partial charge in [0.1, 0.15) is 0 Å². The Labute approximate surface area is 102 Å². The molecule has 2 unspecified atom stereocenters. The van der Waals surface area contributed by atoms with E-state index in [0.717, 1.165) is 6.42 Å². The minimum atomic E-state index is -1.60. The molecule has 0 aliphatic rings. The second kappa shape index (κ2) is 7.27. The molecule has 2 atom stereocenters. The van der Waals surface area contributed by atoms with Crippen LogP contribution in [0.4, 0.5) is 0 Å². The van der Waals surface area contributed by atoms with E-state index in [1.165, 1.54) is 7.11 Å². The molecular weight excluding hydrogens is 224 g/mol. The van der Waals surface area contributed by atoms with E-state index in [-0.39, 0.29) is 6.42 Å². The minimum Gasteiger partial charge on any atom is -0.481 e. The fraction of sp³-hybridized carbons (Fsp3) is 0.833. The molecule has 0 rings (SSSR count). The summed E-state index contributed by atoms with van der Waals surface area (Å²) in [5.74, 6) is -3.29. The van der Waals surface area contributed by atoms with Crippen LogP contribution in [0.3, 0.4) is 0 Å². The van der Waals surface area contributed by atoms with Crippen LogP contribution in [0.1, 0.15) is 46.0 Å². The molecule has 5 heteroatoms. The number of methoxy groups -OCH3 is 1. The molecule has 0 saturated heterocycles. The maximum absolute atomic E-state index is 11.4. The van der Waals surface area contributed by atoms with Crippen molar-refractivity contribution in [1.29, 1.82) is 0 Å². The molecule has 5 nitrogen and oxygen atoms in total. The molecule has 0 bridgehead atoms. The summed E-state index contributed by atoms with van der Waals surface area (Å²) in [7, 11) is 1.27. The highest BCUT2D eigenvalue weighted by molar-refractivity contribution is 5.85. The van der Waals surface area contributed by atoms with Crippen molar-refractivity contribution in [3.8, 4) is 0 Å². The molecule has 100 valence electrons. The third-order valence-electron chi connectivity index (χ3n) is 3.05. The van der Waals surface area contributed by atoms with Crippen molar-refractivity contribution < 1.29 is 24.5 Å². The monoisotopic (exact) mass is 246 g/mol. The van der Waals surface area contributed by atoms with Crippen LogP contribution in [0.15, 0.2) is 0 Å². The number of hydrogen-bond donors (Lipinski definition) is 2. The maximum Gasteiger partial charge on any atom is 0.336 e. The van der Waals surface area contributed by atoms with Crippen LogP contribution in [0.25, 0.3) is 0 Å². The highest BCUT2D eigenvalue weighted by atomic mass is 16.5. The molecule has 0 aliphatic carbocycles. The van der Waals surface area contributed by atoms with Gasteiger partial charge in [0.15, 0.2) is 5.60 Å². The lowest BCUT2D eigenvalue weighted by Crippen LogP contribution is -2.50. The number of aliphatic carboxylic acids is 2. The highest BCUT2D eigenvalue weighted by Crippen LogP contribution is 2.31. The molecule has 0 fully saturated rings. The number of carboxylic acid groups (broad SMARTS) is 2. The quantitative estimate of drug-likeness (QED) is 0.651. The molecule has 0 radical (unpaired) electrons. The Hall–Kier alpha value is -1.10. The zero-order valence-electron chi connectivity index (χ0n) is 10.7. The summed E-state index contributed by atoms with van der Waals surface area (Å²) in [6, 6.07) is 0. The second-order valence-corrected chi connectivity index (χ2v) is 4.18. The van der Waals surface area contributed by atoms with Crippen LogP contribution in [-0.4, -0.2) is 34.9 Å². The third-order valence-corrected chi connectivity index (χ3v) is 3.05. The molecule has 0 saturated carbocycles. The maximum atomic E-state index is 11.4. The highest BCUT2D eigenvalue weighted by Gasteiger charge is 2.49. The number of carbonyl (C=O) groups is 2. The van der Waals surface area contributed by atoms with Gasteiger partial charge < -0.3 is 14.9 Å². The SMILES string of the molecule is CCCCC(C(=O)O)C(CCC)(OC)C(=O)O. The Balaban J connectivity index is 5.18. The molecule has 0 aromatic carbocycles.